The van der Waals surface area contributed by atoms with E-state index in [4.69, 9.17) is 0 Å². The van der Waals surface area contributed by atoms with Gasteiger partial charge in [0.2, 0.25) is 5.91 Å². The van der Waals surface area contributed by atoms with Crippen LogP contribution in [-0.4, -0.2) is 66.6 Å². The van der Waals surface area contributed by atoms with Gasteiger partial charge in [0.05, 0.1) is 49.7 Å². The summed E-state index contributed by atoms with van der Waals surface area (Å²) in [5.41, 5.74) is 3.44. The first-order chi connectivity index (χ1) is 20.0. The third-order valence-electron chi connectivity index (χ3n) is 6.28. The van der Waals surface area contributed by atoms with Gasteiger partial charge in [0.15, 0.2) is 5.04 Å². The van der Waals surface area contributed by atoms with Gasteiger partial charge in [-0.3, -0.25) is 24.5 Å². The second-order valence-electron chi connectivity index (χ2n) is 9.77. The Balaban J connectivity index is 1.32. The summed E-state index contributed by atoms with van der Waals surface area (Å²) in [7, 11) is -2.30. The highest BCUT2D eigenvalue weighted by Gasteiger charge is 2.30. The molecule has 0 radical (unpaired) electrons. The molecular weight excluding hydrogens is 562 g/mol. The number of aryl methyl sites for hydroxylation is 1. The molecule has 0 saturated heterocycles. The van der Waals surface area contributed by atoms with E-state index in [-0.39, 0.29) is 42.3 Å². The predicted octanol–water partition coefficient (Wildman–Crippen LogP) is 2.95. The molecule has 5 N–H and O–H groups in total. The minimum Gasteiger partial charge on any atom is -0.481 e. The van der Waals surface area contributed by atoms with E-state index in [9.17, 15) is 27.9 Å². The molecule has 42 heavy (non-hydrogen) atoms. The van der Waals surface area contributed by atoms with E-state index in [1.807, 2.05) is 25.1 Å². The molecule has 1 aliphatic heterocycles. The molecule has 14 heteroatoms. The number of rotatable bonds is 10. The van der Waals surface area contributed by atoms with Crippen LogP contribution in [0.15, 0.2) is 71.9 Å². The molecule has 0 aliphatic carbocycles. The maximum absolute atomic E-state index is 12.7. The molecule has 2 aromatic carbocycles. The number of sulfonamides is 1. The maximum atomic E-state index is 12.7. The highest BCUT2D eigenvalue weighted by Crippen LogP contribution is 2.20. The first-order valence-corrected chi connectivity index (χ1v) is 14.4. The second-order valence-corrected chi connectivity index (χ2v) is 11.5. The average Bonchev–Trinajstić information content (AvgIpc) is 3.38. The van der Waals surface area contributed by atoms with E-state index in [1.165, 1.54) is 18.3 Å². The second kappa shape index (κ2) is 13.3. The third-order valence-corrected chi connectivity index (χ3v) is 7.75. The van der Waals surface area contributed by atoms with Crippen LogP contribution in [0.2, 0.25) is 0 Å². The van der Waals surface area contributed by atoms with Gasteiger partial charge in [-0.05, 0) is 55.4 Å². The van der Waals surface area contributed by atoms with Gasteiger partial charge in [0.1, 0.15) is 0 Å². The van der Waals surface area contributed by atoms with Crippen molar-refractivity contribution in [3.05, 3.63) is 83.7 Å². The van der Waals surface area contributed by atoms with Gasteiger partial charge >= 0.3 is 12.0 Å². The minimum absolute atomic E-state index is 0.0510. The number of benzene rings is 2. The first kappa shape index (κ1) is 30.3. The summed E-state index contributed by atoms with van der Waals surface area (Å²) in [6.07, 6.45) is 0.853. The van der Waals surface area contributed by atoms with Crippen molar-refractivity contribution in [2.24, 2.45) is 4.99 Å². The molecule has 0 spiro atoms. The number of nitrogens with zero attached hydrogens (tertiary/aromatic N) is 3. The Kier molecular flexibility index (Phi) is 9.62. The highest BCUT2D eigenvalue weighted by molar-refractivity contribution is 8.04. The van der Waals surface area contributed by atoms with Crippen molar-refractivity contribution in [3.8, 4) is 0 Å². The van der Waals surface area contributed by atoms with Gasteiger partial charge in [-0.15, -0.1) is 0 Å². The van der Waals surface area contributed by atoms with Gasteiger partial charge in [0, 0.05) is 11.4 Å². The van der Waals surface area contributed by atoms with E-state index in [0.29, 0.717) is 22.6 Å². The summed E-state index contributed by atoms with van der Waals surface area (Å²) in [6, 6.07) is 15.7. The summed E-state index contributed by atoms with van der Waals surface area (Å²) in [6.45, 7) is 2.25. The van der Waals surface area contributed by atoms with Crippen LogP contribution in [0.1, 0.15) is 29.3 Å². The normalized spacial score (nSPS) is 14.1. The molecule has 1 aliphatic rings. The van der Waals surface area contributed by atoms with Crippen molar-refractivity contribution in [3.63, 3.8) is 0 Å². The van der Waals surface area contributed by atoms with Crippen molar-refractivity contribution >= 4 is 50.0 Å². The van der Waals surface area contributed by atoms with Crippen molar-refractivity contribution in [1.29, 1.82) is 0 Å². The lowest BCUT2D eigenvalue weighted by Crippen LogP contribution is -2.37. The lowest BCUT2D eigenvalue weighted by Gasteiger charge is -2.17. The number of carboxylic acid groups (broad SMARTS) is 1. The lowest BCUT2D eigenvalue weighted by molar-refractivity contribution is -0.137. The number of aromatic nitrogens is 1. The molecule has 220 valence electrons. The van der Waals surface area contributed by atoms with E-state index >= 15 is 0 Å². The van der Waals surface area contributed by atoms with E-state index in [0.717, 1.165) is 5.56 Å². The number of hydrogen-bond donors (Lipinski definition) is 5. The largest absolute Gasteiger partial charge is 0.481 e. The summed E-state index contributed by atoms with van der Waals surface area (Å²) >= 11 is 0. The zero-order valence-corrected chi connectivity index (χ0v) is 23.8. The number of anilines is 3. The Labute approximate surface area is 243 Å². The van der Waals surface area contributed by atoms with Crippen LogP contribution >= 0.6 is 0 Å². The van der Waals surface area contributed by atoms with Crippen LogP contribution in [0.4, 0.5) is 21.9 Å². The number of para-hydroxylation sites is 1. The Morgan fingerprint density at radius 3 is 2.31 bits per heavy atom. The smallest absolute Gasteiger partial charge is 0.323 e. The zero-order valence-electron chi connectivity index (χ0n) is 23.0. The topological polar surface area (TPSA) is 182 Å². The van der Waals surface area contributed by atoms with E-state index in [1.54, 1.807) is 42.3 Å². The van der Waals surface area contributed by atoms with Gasteiger partial charge < -0.3 is 21.1 Å². The molecule has 1 aromatic heterocycles. The molecule has 2 heterocycles. The molecule has 13 nitrogen and oxygen atoms in total. The number of carbonyl (C=O) groups excluding carboxylic acids is 2. The summed E-state index contributed by atoms with van der Waals surface area (Å²) in [5.74, 6) is -1.53. The fraction of sp³-hybridized carbons (Fsp3) is 0.250. The SMILES string of the molecule is Cc1ccccc1NC(=O)Nc1ccc(CC(=O)Nc2ccc(C(CC(=O)O)NS(=O)(=O)C3=NCN(C)C3)nc2)cc1. The van der Waals surface area contributed by atoms with Gasteiger partial charge in [-0.1, -0.05) is 30.3 Å². The van der Waals surface area contributed by atoms with Gasteiger partial charge in [-0.25, -0.2) is 17.9 Å². The standard InChI is InChI=1S/C28H31N7O6S/c1-18-5-3-4-6-22(18)33-28(39)32-20-9-7-19(8-10-20)13-25(36)31-21-11-12-23(29-15-21)24(14-27(37)38)34-42(40,41)26-16-35(2)17-30-26/h3-12,15,24,34H,13-14,16-17H2,1-2H3,(H,31,36)(H,37,38)(H2,32,33,39). The van der Waals surface area contributed by atoms with Crippen molar-refractivity contribution in [2.75, 3.05) is 36.2 Å². The van der Waals surface area contributed by atoms with Crippen LogP contribution in [0.5, 0.6) is 0 Å². The molecular formula is C28H31N7O6S. The predicted molar refractivity (Wildman–Crippen MR) is 159 cm³/mol. The number of aliphatic imine (C=N–C) groups is 1. The maximum Gasteiger partial charge on any atom is 0.323 e. The monoisotopic (exact) mass is 593 g/mol. The number of pyridine rings is 1. The molecule has 3 aromatic rings. The number of urea groups is 1. The fourth-order valence-electron chi connectivity index (χ4n) is 4.12. The molecule has 1 unspecified atom stereocenters. The average molecular weight is 594 g/mol. The molecule has 3 amide bonds. The number of amides is 3. The fourth-order valence-corrected chi connectivity index (χ4v) is 5.45. The molecule has 4 rings (SSSR count). The van der Waals surface area contributed by atoms with Crippen LogP contribution in [0.3, 0.4) is 0 Å². The number of aliphatic carboxylic acids is 1. The molecule has 1 atom stereocenters. The molecule has 0 bridgehead atoms. The number of carboxylic acids is 1. The van der Waals surface area contributed by atoms with E-state index < -0.39 is 28.5 Å². The minimum atomic E-state index is -4.02. The molecule has 0 saturated carbocycles. The Morgan fingerprint density at radius 1 is 0.976 bits per heavy atom. The Bertz CT molecular complexity index is 1590. The summed E-state index contributed by atoms with van der Waals surface area (Å²) in [4.78, 5) is 46.2. The summed E-state index contributed by atoms with van der Waals surface area (Å²) < 4.78 is 27.8. The highest BCUT2D eigenvalue weighted by atomic mass is 32.2. The third kappa shape index (κ3) is 8.42. The summed E-state index contributed by atoms with van der Waals surface area (Å²) in [5, 5.41) is 17.5. The quantitative estimate of drug-likeness (QED) is 0.238. The van der Waals surface area contributed by atoms with Gasteiger partial charge in [-0.2, -0.15) is 0 Å². The number of carbonyl (C=O) groups is 3. The van der Waals surface area contributed by atoms with Gasteiger partial charge in [0.25, 0.3) is 10.0 Å². The van der Waals surface area contributed by atoms with Crippen molar-refractivity contribution < 1.29 is 27.9 Å². The molecule has 0 fully saturated rings. The number of hydrogen-bond acceptors (Lipinski definition) is 8. The van der Waals surface area contributed by atoms with Crippen LogP contribution in [-0.2, 0) is 26.0 Å². The van der Waals surface area contributed by atoms with Crippen LogP contribution < -0.4 is 20.7 Å². The number of nitrogens with one attached hydrogen (secondary N) is 4. The van der Waals surface area contributed by atoms with Crippen LogP contribution in [0.25, 0.3) is 0 Å². The lowest BCUT2D eigenvalue weighted by atomic mass is 10.1. The van der Waals surface area contributed by atoms with Crippen LogP contribution in [0, 0.1) is 6.92 Å². The Hall–Kier alpha value is -4.66. The Morgan fingerprint density at radius 2 is 1.69 bits per heavy atom. The van der Waals surface area contributed by atoms with Crippen molar-refractivity contribution in [1.82, 2.24) is 14.6 Å². The first-order valence-electron chi connectivity index (χ1n) is 12.9. The zero-order chi connectivity index (χ0) is 30.3. The van der Waals surface area contributed by atoms with E-state index in [2.05, 4.69) is 30.6 Å². The van der Waals surface area contributed by atoms with Crippen molar-refractivity contribution in [2.45, 2.75) is 25.8 Å².